The molecule has 1 aliphatic heterocycles. The van der Waals surface area contributed by atoms with Crippen LogP contribution in [0.25, 0.3) is 0 Å². The van der Waals surface area contributed by atoms with Gasteiger partial charge < -0.3 is 19.5 Å². The van der Waals surface area contributed by atoms with E-state index in [1.54, 1.807) is 36.4 Å². The number of benzene rings is 2. The average molecular weight is 367 g/mol. The van der Waals surface area contributed by atoms with E-state index in [-0.39, 0.29) is 18.3 Å². The van der Waals surface area contributed by atoms with E-state index in [4.69, 9.17) is 14.2 Å². The molecule has 0 saturated heterocycles. The standard InChI is InChI=1S/C21H21NO5/c1-14(23)15-5-4-6-17(11-15)25-13-20(24)22-16-7-8-18-19(12-16)27-21(26-18)9-2-3-10-21/h4-8,11-12H,2-3,9-10,13H2,1H3,(H,22,24). The number of Topliss-reactive ketones (excluding diaryl/α,β-unsaturated/α-hetero) is 1. The number of hydrogen-bond acceptors (Lipinski definition) is 5. The summed E-state index contributed by atoms with van der Waals surface area (Å²) in [5.41, 5.74) is 1.17. The van der Waals surface area contributed by atoms with Gasteiger partial charge in [-0.3, -0.25) is 9.59 Å². The third kappa shape index (κ3) is 3.74. The molecule has 0 atom stereocenters. The molecule has 0 bridgehead atoms. The Balaban J connectivity index is 1.35. The number of ketones is 1. The van der Waals surface area contributed by atoms with E-state index in [0.717, 1.165) is 25.7 Å². The Bertz CT molecular complexity index is 886. The average Bonchev–Trinajstić information content (AvgIpc) is 3.26. The summed E-state index contributed by atoms with van der Waals surface area (Å²) >= 11 is 0. The van der Waals surface area contributed by atoms with Crippen molar-refractivity contribution in [2.24, 2.45) is 0 Å². The Kier molecular flexibility index (Phi) is 4.48. The van der Waals surface area contributed by atoms with Crippen molar-refractivity contribution in [2.45, 2.75) is 38.4 Å². The van der Waals surface area contributed by atoms with Gasteiger partial charge in [-0.1, -0.05) is 12.1 Å². The van der Waals surface area contributed by atoms with E-state index in [9.17, 15) is 9.59 Å². The minimum absolute atomic E-state index is 0.0507. The largest absolute Gasteiger partial charge is 0.484 e. The fourth-order valence-electron chi connectivity index (χ4n) is 3.44. The Hall–Kier alpha value is -3.02. The lowest BCUT2D eigenvalue weighted by molar-refractivity contribution is -0.118. The molecule has 1 heterocycles. The number of rotatable bonds is 5. The molecule has 2 aromatic rings. The summed E-state index contributed by atoms with van der Waals surface area (Å²) < 4.78 is 17.4. The molecule has 140 valence electrons. The molecule has 6 heteroatoms. The quantitative estimate of drug-likeness (QED) is 0.810. The summed E-state index contributed by atoms with van der Waals surface area (Å²) in [4.78, 5) is 23.6. The van der Waals surface area contributed by atoms with Crippen LogP contribution < -0.4 is 19.5 Å². The van der Waals surface area contributed by atoms with Crippen molar-refractivity contribution in [3.63, 3.8) is 0 Å². The zero-order valence-electron chi connectivity index (χ0n) is 15.1. The molecular formula is C21H21NO5. The summed E-state index contributed by atoms with van der Waals surface area (Å²) in [6.45, 7) is 1.33. The van der Waals surface area contributed by atoms with E-state index in [0.29, 0.717) is 28.5 Å². The minimum atomic E-state index is -0.518. The van der Waals surface area contributed by atoms with Gasteiger partial charge in [0.05, 0.1) is 0 Å². The highest BCUT2D eigenvalue weighted by molar-refractivity contribution is 5.94. The van der Waals surface area contributed by atoms with Crippen LogP contribution in [0, 0.1) is 0 Å². The van der Waals surface area contributed by atoms with E-state index >= 15 is 0 Å². The smallest absolute Gasteiger partial charge is 0.262 e. The predicted molar refractivity (Wildman–Crippen MR) is 99.5 cm³/mol. The van der Waals surface area contributed by atoms with Gasteiger partial charge in [0.2, 0.25) is 0 Å². The van der Waals surface area contributed by atoms with Crippen molar-refractivity contribution in [1.29, 1.82) is 0 Å². The van der Waals surface area contributed by atoms with Crippen molar-refractivity contribution in [3.05, 3.63) is 48.0 Å². The summed E-state index contributed by atoms with van der Waals surface area (Å²) in [6, 6.07) is 12.1. The molecule has 1 aliphatic carbocycles. The molecule has 1 saturated carbocycles. The highest BCUT2D eigenvalue weighted by atomic mass is 16.7. The van der Waals surface area contributed by atoms with Crippen LogP contribution in [0.15, 0.2) is 42.5 Å². The Morgan fingerprint density at radius 1 is 1.07 bits per heavy atom. The number of nitrogens with one attached hydrogen (secondary N) is 1. The van der Waals surface area contributed by atoms with Gasteiger partial charge in [0.1, 0.15) is 5.75 Å². The first-order valence-electron chi connectivity index (χ1n) is 9.09. The molecule has 0 aromatic heterocycles. The number of ether oxygens (including phenoxy) is 3. The molecule has 0 unspecified atom stereocenters. The molecular weight excluding hydrogens is 346 g/mol. The summed E-state index contributed by atoms with van der Waals surface area (Å²) in [5.74, 6) is 0.988. The second kappa shape index (κ2) is 6.95. The first kappa shape index (κ1) is 17.4. The van der Waals surface area contributed by atoms with E-state index in [1.165, 1.54) is 6.92 Å². The van der Waals surface area contributed by atoms with Crippen LogP contribution in [0.3, 0.4) is 0 Å². The third-order valence-electron chi connectivity index (χ3n) is 4.80. The summed E-state index contributed by atoms with van der Waals surface area (Å²) in [5, 5.41) is 2.79. The highest BCUT2D eigenvalue weighted by Gasteiger charge is 2.44. The van der Waals surface area contributed by atoms with Gasteiger partial charge in [-0.15, -0.1) is 0 Å². The lowest BCUT2D eigenvalue weighted by atomic mass is 10.1. The maximum absolute atomic E-state index is 12.2. The Morgan fingerprint density at radius 3 is 2.63 bits per heavy atom. The summed E-state index contributed by atoms with van der Waals surface area (Å²) in [7, 11) is 0. The first-order chi connectivity index (χ1) is 13.0. The zero-order chi connectivity index (χ0) is 18.9. The van der Waals surface area contributed by atoms with Crippen LogP contribution in [0.4, 0.5) is 5.69 Å². The number of amides is 1. The van der Waals surface area contributed by atoms with Gasteiger partial charge in [0.25, 0.3) is 11.7 Å². The minimum Gasteiger partial charge on any atom is -0.484 e. The van der Waals surface area contributed by atoms with Crippen LogP contribution in [-0.4, -0.2) is 24.1 Å². The second-order valence-electron chi connectivity index (χ2n) is 6.90. The zero-order valence-corrected chi connectivity index (χ0v) is 15.1. The molecule has 0 radical (unpaired) electrons. The Morgan fingerprint density at radius 2 is 1.85 bits per heavy atom. The van der Waals surface area contributed by atoms with Gasteiger partial charge in [0.15, 0.2) is 23.9 Å². The topological polar surface area (TPSA) is 73.9 Å². The number of carbonyl (C=O) groups is 2. The van der Waals surface area contributed by atoms with Crippen molar-refractivity contribution in [2.75, 3.05) is 11.9 Å². The van der Waals surface area contributed by atoms with E-state index < -0.39 is 5.79 Å². The molecule has 1 fully saturated rings. The molecule has 2 aliphatic rings. The number of fused-ring (bicyclic) bond motifs is 1. The molecule has 2 aromatic carbocycles. The van der Waals surface area contributed by atoms with Gasteiger partial charge >= 0.3 is 0 Å². The van der Waals surface area contributed by atoms with Crippen LogP contribution in [0.5, 0.6) is 17.2 Å². The van der Waals surface area contributed by atoms with Crippen molar-refractivity contribution in [3.8, 4) is 17.2 Å². The maximum atomic E-state index is 12.2. The number of anilines is 1. The fraction of sp³-hybridized carbons (Fsp3) is 0.333. The highest BCUT2D eigenvalue weighted by Crippen LogP contribution is 2.47. The third-order valence-corrected chi connectivity index (χ3v) is 4.80. The van der Waals surface area contributed by atoms with Crippen LogP contribution in [0.2, 0.25) is 0 Å². The number of carbonyl (C=O) groups excluding carboxylic acids is 2. The lowest BCUT2D eigenvalue weighted by Crippen LogP contribution is -2.34. The second-order valence-corrected chi connectivity index (χ2v) is 6.90. The summed E-state index contributed by atoms with van der Waals surface area (Å²) in [6.07, 6.45) is 3.96. The van der Waals surface area contributed by atoms with Crippen LogP contribution >= 0.6 is 0 Å². The Labute approximate surface area is 157 Å². The number of hydrogen-bond donors (Lipinski definition) is 1. The van der Waals surface area contributed by atoms with E-state index in [2.05, 4.69) is 5.32 Å². The molecule has 1 N–H and O–H groups in total. The van der Waals surface area contributed by atoms with Crippen LogP contribution in [0.1, 0.15) is 43.0 Å². The van der Waals surface area contributed by atoms with Crippen molar-refractivity contribution < 1.29 is 23.8 Å². The van der Waals surface area contributed by atoms with Gasteiger partial charge in [0, 0.05) is 30.2 Å². The van der Waals surface area contributed by atoms with Crippen molar-refractivity contribution in [1.82, 2.24) is 0 Å². The molecule has 1 amide bonds. The maximum Gasteiger partial charge on any atom is 0.262 e. The lowest BCUT2D eigenvalue weighted by Gasteiger charge is -2.21. The molecule has 1 spiro atoms. The van der Waals surface area contributed by atoms with E-state index in [1.807, 2.05) is 6.07 Å². The SMILES string of the molecule is CC(=O)c1cccc(OCC(=O)Nc2ccc3c(c2)OC2(CCCC2)O3)c1. The molecule has 4 rings (SSSR count). The first-order valence-corrected chi connectivity index (χ1v) is 9.09. The predicted octanol–water partition coefficient (Wildman–Crippen LogP) is 3.95. The van der Waals surface area contributed by atoms with Gasteiger partial charge in [-0.25, -0.2) is 0 Å². The monoisotopic (exact) mass is 367 g/mol. The van der Waals surface area contributed by atoms with Crippen LogP contribution in [-0.2, 0) is 4.79 Å². The normalized spacial score (nSPS) is 16.3. The fourth-order valence-corrected chi connectivity index (χ4v) is 3.44. The van der Waals surface area contributed by atoms with Crippen molar-refractivity contribution >= 4 is 17.4 Å². The molecule has 27 heavy (non-hydrogen) atoms. The van der Waals surface area contributed by atoms with Gasteiger partial charge in [-0.2, -0.15) is 0 Å². The molecule has 6 nitrogen and oxygen atoms in total. The van der Waals surface area contributed by atoms with Gasteiger partial charge in [-0.05, 0) is 44.0 Å².